The van der Waals surface area contributed by atoms with Crippen LogP contribution < -0.4 is 10.5 Å². The van der Waals surface area contributed by atoms with E-state index >= 15 is 0 Å². The van der Waals surface area contributed by atoms with Crippen molar-refractivity contribution in [2.75, 3.05) is 19.8 Å². The lowest BCUT2D eigenvalue weighted by atomic mass is 10.0. The van der Waals surface area contributed by atoms with Crippen LogP contribution in [0.25, 0.3) is 0 Å². The molecule has 106 valence electrons. The minimum Gasteiger partial charge on any atom is -0.493 e. The molecule has 1 heterocycles. The Balaban J connectivity index is 2.01. The fourth-order valence-corrected chi connectivity index (χ4v) is 2.54. The minimum absolute atomic E-state index is 0.159. The second kappa shape index (κ2) is 6.92. The van der Waals surface area contributed by atoms with Crippen LogP contribution in [0.5, 0.6) is 5.75 Å². The van der Waals surface area contributed by atoms with Crippen LogP contribution in [0.4, 0.5) is 0 Å². The maximum Gasteiger partial charge on any atom is 0.125 e. The fraction of sp³-hybridized carbons (Fsp3) is 0.625. The minimum atomic E-state index is 0.159. The molecule has 1 unspecified atom stereocenters. The Bertz CT molecular complexity index is 398. The molecular weight excluding hydrogens is 238 g/mol. The molecule has 0 bridgehead atoms. The Morgan fingerprint density at radius 2 is 2.11 bits per heavy atom. The van der Waals surface area contributed by atoms with Crippen LogP contribution in [0.1, 0.15) is 30.9 Å². The van der Waals surface area contributed by atoms with Crippen LogP contribution in [0, 0.1) is 12.8 Å². The highest BCUT2D eigenvalue weighted by Gasteiger charge is 2.16. The van der Waals surface area contributed by atoms with Gasteiger partial charge in [0.2, 0.25) is 0 Å². The maximum atomic E-state index is 6.10. The lowest BCUT2D eigenvalue weighted by Crippen LogP contribution is -2.23. The summed E-state index contributed by atoms with van der Waals surface area (Å²) in [4.78, 5) is 0. The van der Waals surface area contributed by atoms with Gasteiger partial charge in [-0.25, -0.2) is 0 Å². The summed E-state index contributed by atoms with van der Waals surface area (Å²) in [5.41, 5.74) is 8.33. The summed E-state index contributed by atoms with van der Waals surface area (Å²) in [6.07, 6.45) is 3.08. The summed E-state index contributed by atoms with van der Waals surface area (Å²) >= 11 is 0. The van der Waals surface area contributed by atoms with Crippen molar-refractivity contribution in [2.24, 2.45) is 11.7 Å². The SMILES string of the molecule is Cc1cccc(CC(C)N)c1OCC1CCOCC1. The second-order valence-corrected chi connectivity index (χ2v) is 5.61. The predicted octanol–water partition coefficient (Wildman–Crippen LogP) is 2.69. The van der Waals surface area contributed by atoms with Crippen molar-refractivity contribution in [3.63, 3.8) is 0 Å². The highest BCUT2D eigenvalue weighted by atomic mass is 16.5. The van der Waals surface area contributed by atoms with Gasteiger partial charge in [0, 0.05) is 19.3 Å². The molecule has 3 nitrogen and oxygen atoms in total. The molecule has 19 heavy (non-hydrogen) atoms. The van der Waals surface area contributed by atoms with Gasteiger partial charge >= 0.3 is 0 Å². The Hall–Kier alpha value is -1.06. The van der Waals surface area contributed by atoms with E-state index in [4.69, 9.17) is 15.2 Å². The van der Waals surface area contributed by atoms with Gasteiger partial charge in [-0.15, -0.1) is 0 Å². The smallest absolute Gasteiger partial charge is 0.125 e. The number of hydrogen-bond donors (Lipinski definition) is 1. The van der Waals surface area contributed by atoms with Crippen molar-refractivity contribution in [1.29, 1.82) is 0 Å². The van der Waals surface area contributed by atoms with Gasteiger partial charge in [-0.3, -0.25) is 0 Å². The summed E-state index contributed by atoms with van der Waals surface area (Å²) < 4.78 is 11.5. The number of nitrogens with two attached hydrogens (primary N) is 1. The molecule has 1 aromatic carbocycles. The molecule has 1 aromatic rings. The normalized spacial score (nSPS) is 18.3. The molecule has 1 aliphatic heterocycles. The van der Waals surface area contributed by atoms with Gasteiger partial charge in [0.1, 0.15) is 5.75 Å². The van der Waals surface area contributed by atoms with Gasteiger partial charge in [0.05, 0.1) is 6.61 Å². The topological polar surface area (TPSA) is 44.5 Å². The Kier molecular flexibility index (Phi) is 5.23. The zero-order valence-electron chi connectivity index (χ0n) is 12.0. The van der Waals surface area contributed by atoms with Gasteiger partial charge in [0.25, 0.3) is 0 Å². The molecule has 2 rings (SSSR count). The molecule has 1 atom stereocenters. The van der Waals surface area contributed by atoms with Gasteiger partial charge in [0.15, 0.2) is 0 Å². The average Bonchev–Trinajstić information content (AvgIpc) is 2.38. The highest BCUT2D eigenvalue weighted by molar-refractivity contribution is 5.41. The lowest BCUT2D eigenvalue weighted by Gasteiger charge is -2.23. The van der Waals surface area contributed by atoms with Gasteiger partial charge < -0.3 is 15.2 Å². The Labute approximate surface area is 116 Å². The second-order valence-electron chi connectivity index (χ2n) is 5.61. The molecule has 1 fully saturated rings. The standard InChI is InChI=1S/C16H25NO2/c1-12-4-3-5-15(10-13(2)17)16(12)19-11-14-6-8-18-9-7-14/h3-5,13-14H,6-11,17H2,1-2H3. The maximum absolute atomic E-state index is 6.10. The first-order valence-corrected chi connectivity index (χ1v) is 7.21. The number of rotatable bonds is 5. The largest absolute Gasteiger partial charge is 0.493 e. The molecule has 0 aromatic heterocycles. The van der Waals surface area contributed by atoms with Crippen LogP contribution in [0.2, 0.25) is 0 Å². The molecule has 2 N–H and O–H groups in total. The molecule has 0 spiro atoms. The number of aryl methyl sites for hydroxylation is 1. The Morgan fingerprint density at radius 3 is 2.79 bits per heavy atom. The third kappa shape index (κ3) is 4.22. The van der Waals surface area contributed by atoms with Gasteiger partial charge in [-0.05, 0) is 50.2 Å². The molecule has 0 saturated carbocycles. The predicted molar refractivity (Wildman–Crippen MR) is 77.6 cm³/mol. The van der Waals surface area contributed by atoms with Crippen LogP contribution in [0.3, 0.4) is 0 Å². The van der Waals surface area contributed by atoms with E-state index in [-0.39, 0.29) is 6.04 Å². The summed E-state index contributed by atoms with van der Waals surface area (Å²) in [6.45, 7) is 6.66. The van der Waals surface area contributed by atoms with Crippen LogP contribution in [-0.4, -0.2) is 25.9 Å². The number of ether oxygens (including phenoxy) is 2. The molecule has 0 amide bonds. The van der Waals surface area contributed by atoms with E-state index in [1.54, 1.807) is 0 Å². The zero-order chi connectivity index (χ0) is 13.7. The van der Waals surface area contributed by atoms with E-state index in [0.29, 0.717) is 5.92 Å². The van der Waals surface area contributed by atoms with Crippen LogP contribution in [-0.2, 0) is 11.2 Å². The first-order chi connectivity index (χ1) is 9.16. The van der Waals surface area contributed by atoms with Crippen molar-refractivity contribution in [3.05, 3.63) is 29.3 Å². The van der Waals surface area contributed by atoms with Crippen LogP contribution >= 0.6 is 0 Å². The average molecular weight is 263 g/mol. The van der Waals surface area contributed by atoms with E-state index < -0.39 is 0 Å². The van der Waals surface area contributed by atoms with Gasteiger partial charge in [-0.2, -0.15) is 0 Å². The van der Waals surface area contributed by atoms with Crippen LogP contribution in [0.15, 0.2) is 18.2 Å². The van der Waals surface area contributed by atoms with E-state index in [2.05, 4.69) is 25.1 Å². The van der Waals surface area contributed by atoms with E-state index in [0.717, 1.165) is 44.8 Å². The molecule has 1 saturated heterocycles. The third-order valence-corrected chi connectivity index (χ3v) is 3.64. The van der Waals surface area contributed by atoms with Crippen molar-refractivity contribution in [1.82, 2.24) is 0 Å². The quantitative estimate of drug-likeness (QED) is 0.888. The van der Waals surface area contributed by atoms with E-state index in [9.17, 15) is 0 Å². The summed E-state index contributed by atoms with van der Waals surface area (Å²) in [5, 5.41) is 0. The number of benzene rings is 1. The number of hydrogen-bond acceptors (Lipinski definition) is 3. The fourth-order valence-electron chi connectivity index (χ4n) is 2.54. The molecule has 1 aliphatic rings. The first kappa shape index (κ1) is 14.4. The van der Waals surface area contributed by atoms with Gasteiger partial charge in [-0.1, -0.05) is 18.2 Å². The Morgan fingerprint density at radius 1 is 1.37 bits per heavy atom. The summed E-state index contributed by atoms with van der Waals surface area (Å²) in [7, 11) is 0. The summed E-state index contributed by atoms with van der Waals surface area (Å²) in [5.74, 6) is 1.66. The van der Waals surface area contributed by atoms with E-state index in [1.165, 1.54) is 11.1 Å². The van der Waals surface area contributed by atoms with Crippen molar-refractivity contribution in [3.8, 4) is 5.75 Å². The van der Waals surface area contributed by atoms with Crippen molar-refractivity contribution < 1.29 is 9.47 Å². The monoisotopic (exact) mass is 263 g/mol. The molecule has 3 heteroatoms. The lowest BCUT2D eigenvalue weighted by molar-refractivity contribution is 0.0495. The molecule has 0 aliphatic carbocycles. The third-order valence-electron chi connectivity index (χ3n) is 3.64. The first-order valence-electron chi connectivity index (χ1n) is 7.21. The van der Waals surface area contributed by atoms with Crippen molar-refractivity contribution in [2.45, 2.75) is 39.2 Å². The molecular formula is C16H25NO2. The van der Waals surface area contributed by atoms with Crippen molar-refractivity contribution >= 4 is 0 Å². The van der Waals surface area contributed by atoms with E-state index in [1.807, 2.05) is 6.92 Å². The molecule has 0 radical (unpaired) electrons. The zero-order valence-corrected chi connectivity index (χ0v) is 12.0. The number of para-hydroxylation sites is 1. The summed E-state index contributed by atoms with van der Waals surface area (Å²) in [6, 6.07) is 6.46. The highest BCUT2D eigenvalue weighted by Crippen LogP contribution is 2.26.